The molecule has 11 rings (SSSR count). The van der Waals surface area contributed by atoms with Crippen LogP contribution in [0.4, 0.5) is 17.1 Å². The van der Waals surface area contributed by atoms with Gasteiger partial charge in [-0.05, 0) is 103 Å². The Morgan fingerprint density at radius 3 is 1.44 bits per heavy atom. The second kappa shape index (κ2) is 13.2. The summed E-state index contributed by atoms with van der Waals surface area (Å²) in [7, 11) is 0. The van der Waals surface area contributed by atoms with Gasteiger partial charge in [-0.25, -0.2) is 0 Å². The zero-order valence-corrected chi connectivity index (χ0v) is 32.7. The van der Waals surface area contributed by atoms with E-state index in [-0.39, 0.29) is 5.41 Å². The third-order valence-corrected chi connectivity index (χ3v) is 13.2. The van der Waals surface area contributed by atoms with E-state index in [0.29, 0.717) is 0 Å². The van der Waals surface area contributed by atoms with Gasteiger partial charge in [0.15, 0.2) is 0 Å². The van der Waals surface area contributed by atoms with E-state index in [1.807, 2.05) is 11.3 Å². The largest absolute Gasteiger partial charge is 0.310 e. The molecule has 270 valence electrons. The highest BCUT2D eigenvalue weighted by Crippen LogP contribution is 2.60. The smallest absolute Gasteiger partial charge is 0.0558 e. The van der Waals surface area contributed by atoms with E-state index in [4.69, 9.17) is 0 Å². The maximum absolute atomic E-state index is 2.53. The molecule has 2 heteroatoms. The molecule has 10 aromatic rings. The quantitative estimate of drug-likeness (QED) is 0.164. The van der Waals surface area contributed by atoms with Crippen molar-refractivity contribution in [3.05, 3.63) is 211 Å². The highest BCUT2D eigenvalue weighted by Gasteiger charge is 2.40. The van der Waals surface area contributed by atoms with Crippen molar-refractivity contribution >= 4 is 59.3 Å². The molecule has 0 saturated heterocycles. The summed E-state index contributed by atoms with van der Waals surface area (Å²) < 4.78 is 2.65. The molecular weight excluding hydrogens is 707 g/mol. The van der Waals surface area contributed by atoms with Gasteiger partial charge in [-0.2, -0.15) is 0 Å². The first kappa shape index (κ1) is 33.6. The molecule has 0 radical (unpaired) electrons. The molecule has 1 aliphatic carbocycles. The monoisotopic (exact) mass is 745 g/mol. The fraction of sp³-hybridized carbons (Fsp3) is 0.0545. The normalized spacial score (nSPS) is 12.9. The molecule has 0 bridgehead atoms. The van der Waals surface area contributed by atoms with E-state index in [9.17, 15) is 0 Å². The maximum atomic E-state index is 2.53. The summed E-state index contributed by atoms with van der Waals surface area (Å²) in [6, 6.07) is 73.5. The Bertz CT molecular complexity index is 3020. The van der Waals surface area contributed by atoms with Crippen molar-refractivity contribution in [3.63, 3.8) is 0 Å². The first-order valence-corrected chi connectivity index (χ1v) is 20.6. The highest BCUT2D eigenvalue weighted by atomic mass is 32.1. The van der Waals surface area contributed by atoms with Crippen LogP contribution in [0.25, 0.3) is 75.5 Å². The molecule has 57 heavy (non-hydrogen) atoms. The topological polar surface area (TPSA) is 3.24 Å². The molecule has 0 saturated carbocycles. The van der Waals surface area contributed by atoms with E-state index in [0.717, 1.165) is 11.4 Å². The summed E-state index contributed by atoms with van der Waals surface area (Å²) >= 11 is 1.94. The molecule has 0 spiro atoms. The summed E-state index contributed by atoms with van der Waals surface area (Å²) in [6.45, 7) is 4.86. The maximum Gasteiger partial charge on any atom is 0.0558 e. The zero-order valence-electron chi connectivity index (χ0n) is 31.9. The fourth-order valence-corrected chi connectivity index (χ4v) is 10.5. The van der Waals surface area contributed by atoms with E-state index >= 15 is 0 Å². The van der Waals surface area contributed by atoms with Gasteiger partial charge in [-0.3, -0.25) is 0 Å². The van der Waals surface area contributed by atoms with Crippen LogP contribution in [-0.4, -0.2) is 0 Å². The van der Waals surface area contributed by atoms with Gasteiger partial charge in [0, 0.05) is 42.5 Å². The van der Waals surface area contributed by atoms with Crippen molar-refractivity contribution < 1.29 is 0 Å². The second-order valence-corrected chi connectivity index (χ2v) is 16.7. The molecule has 0 amide bonds. The van der Waals surface area contributed by atoms with E-state index in [2.05, 4.69) is 219 Å². The summed E-state index contributed by atoms with van der Waals surface area (Å²) in [5.74, 6) is 0. The lowest BCUT2D eigenvalue weighted by molar-refractivity contribution is 0.661. The third kappa shape index (κ3) is 5.36. The third-order valence-electron chi connectivity index (χ3n) is 12.1. The van der Waals surface area contributed by atoms with Gasteiger partial charge >= 0.3 is 0 Å². The van der Waals surface area contributed by atoms with E-state index in [1.165, 1.54) is 92.3 Å². The van der Waals surface area contributed by atoms with Gasteiger partial charge in [0.2, 0.25) is 0 Å². The van der Waals surface area contributed by atoms with Crippen molar-refractivity contribution in [2.75, 3.05) is 4.90 Å². The van der Waals surface area contributed by atoms with Gasteiger partial charge in [0.05, 0.1) is 5.69 Å². The van der Waals surface area contributed by atoms with E-state index < -0.39 is 0 Å². The van der Waals surface area contributed by atoms with Crippen molar-refractivity contribution in [3.8, 4) is 44.5 Å². The van der Waals surface area contributed by atoms with Crippen LogP contribution in [0.15, 0.2) is 200 Å². The van der Waals surface area contributed by atoms with Crippen LogP contribution < -0.4 is 4.90 Å². The molecule has 0 atom stereocenters. The summed E-state index contributed by atoms with van der Waals surface area (Å²) in [5.41, 5.74) is 16.1. The van der Waals surface area contributed by atoms with Gasteiger partial charge in [0.1, 0.15) is 0 Å². The molecule has 0 unspecified atom stereocenters. The molecule has 0 N–H and O–H groups in total. The van der Waals surface area contributed by atoms with Crippen LogP contribution in [0.3, 0.4) is 0 Å². The minimum absolute atomic E-state index is 0.253. The Morgan fingerprint density at radius 2 is 0.860 bits per heavy atom. The number of fused-ring (bicyclic) bond motifs is 9. The summed E-state index contributed by atoms with van der Waals surface area (Å²) in [6.07, 6.45) is 0. The number of hydrogen-bond acceptors (Lipinski definition) is 2. The Balaban J connectivity index is 1.20. The number of hydrogen-bond donors (Lipinski definition) is 0. The van der Waals surface area contributed by atoms with Crippen LogP contribution in [0.5, 0.6) is 0 Å². The Morgan fingerprint density at radius 1 is 0.404 bits per heavy atom. The van der Waals surface area contributed by atoms with Crippen LogP contribution in [0.2, 0.25) is 0 Å². The lowest BCUT2D eigenvalue weighted by Gasteiger charge is -2.29. The SMILES string of the molecule is CC1(C)c2cc(-c3ccccc3)c3ccccc3c2-c2c1cc(N(c1ccc(-c3ccccc3)cc1)c1ccc(-c3ccccc3)cc1)c1c2sc2ccccc21. The number of benzene rings is 9. The van der Waals surface area contributed by atoms with Crippen LogP contribution in [0.1, 0.15) is 25.0 Å². The first-order valence-electron chi connectivity index (χ1n) is 19.8. The number of thiophene rings is 1. The van der Waals surface area contributed by atoms with Crippen LogP contribution in [-0.2, 0) is 5.41 Å². The molecule has 1 heterocycles. The lowest BCUT2D eigenvalue weighted by Crippen LogP contribution is -2.17. The lowest BCUT2D eigenvalue weighted by atomic mass is 9.80. The van der Waals surface area contributed by atoms with Crippen molar-refractivity contribution in [2.24, 2.45) is 0 Å². The average molecular weight is 746 g/mol. The Labute approximate surface area is 337 Å². The van der Waals surface area contributed by atoms with Crippen LogP contribution in [0, 0.1) is 0 Å². The Kier molecular flexibility index (Phi) is 7.77. The predicted octanol–water partition coefficient (Wildman–Crippen LogP) is 16.0. The van der Waals surface area contributed by atoms with Gasteiger partial charge in [0.25, 0.3) is 0 Å². The Hall–Kier alpha value is -6.74. The van der Waals surface area contributed by atoms with Gasteiger partial charge in [-0.1, -0.05) is 172 Å². The second-order valence-electron chi connectivity index (χ2n) is 15.7. The van der Waals surface area contributed by atoms with Crippen molar-refractivity contribution in [1.29, 1.82) is 0 Å². The molecule has 1 aromatic heterocycles. The van der Waals surface area contributed by atoms with Crippen molar-refractivity contribution in [1.82, 2.24) is 0 Å². The van der Waals surface area contributed by atoms with Crippen molar-refractivity contribution in [2.45, 2.75) is 19.3 Å². The number of anilines is 3. The fourth-order valence-electron chi connectivity index (χ4n) is 9.23. The number of nitrogens with zero attached hydrogens (tertiary/aromatic N) is 1. The molecular formula is C55H39NS. The summed E-state index contributed by atoms with van der Waals surface area (Å²) in [5, 5.41) is 5.20. The standard InChI is InChI=1S/C55H39NS/c1-55(2)47-34-46(40-20-10-5-11-21-40)43-22-12-13-23-44(43)51(47)53-48(55)35-49(52-45-24-14-15-25-50(45)57-54(52)53)56(41-30-26-38(27-31-41)36-16-6-3-7-17-36)42-32-28-39(29-33-42)37-18-8-4-9-19-37/h3-35H,1-2H3. The first-order chi connectivity index (χ1) is 28.0. The van der Waals surface area contributed by atoms with Gasteiger partial charge in [-0.15, -0.1) is 11.3 Å². The average Bonchev–Trinajstić information content (AvgIpc) is 3.77. The molecule has 1 aliphatic rings. The zero-order chi connectivity index (χ0) is 38.1. The number of rotatable bonds is 6. The minimum atomic E-state index is -0.253. The van der Waals surface area contributed by atoms with Gasteiger partial charge < -0.3 is 4.90 Å². The van der Waals surface area contributed by atoms with E-state index in [1.54, 1.807) is 0 Å². The van der Waals surface area contributed by atoms with Crippen LogP contribution >= 0.6 is 11.3 Å². The minimum Gasteiger partial charge on any atom is -0.310 e. The molecule has 1 nitrogen and oxygen atoms in total. The highest BCUT2D eigenvalue weighted by molar-refractivity contribution is 7.26. The predicted molar refractivity (Wildman–Crippen MR) is 245 cm³/mol. The molecule has 9 aromatic carbocycles. The molecule has 0 aliphatic heterocycles. The summed E-state index contributed by atoms with van der Waals surface area (Å²) in [4.78, 5) is 2.50. The molecule has 0 fully saturated rings.